The number of aryl methyl sites for hydroxylation is 1. The molecule has 16 heavy (non-hydrogen) atoms. The predicted molar refractivity (Wildman–Crippen MR) is 76.5 cm³/mol. The Hall–Kier alpha value is 0.390. The SMILES string of the molecule is Cc1cc(CN2CCC[C@@H](N)C2)sc1Br.Cl. The molecule has 5 heteroatoms. The van der Waals surface area contributed by atoms with Gasteiger partial charge in [0.1, 0.15) is 0 Å². The molecule has 0 aliphatic carbocycles. The van der Waals surface area contributed by atoms with Gasteiger partial charge >= 0.3 is 0 Å². The second-order valence-corrected chi connectivity index (χ2v) is 6.76. The minimum atomic E-state index is 0. The van der Waals surface area contributed by atoms with E-state index in [4.69, 9.17) is 5.73 Å². The molecule has 1 saturated heterocycles. The Morgan fingerprint density at radius 3 is 2.94 bits per heavy atom. The maximum Gasteiger partial charge on any atom is 0.0730 e. The summed E-state index contributed by atoms with van der Waals surface area (Å²) >= 11 is 5.41. The van der Waals surface area contributed by atoms with E-state index < -0.39 is 0 Å². The van der Waals surface area contributed by atoms with E-state index in [2.05, 4.69) is 33.8 Å². The highest BCUT2D eigenvalue weighted by Gasteiger charge is 2.17. The predicted octanol–water partition coefficient (Wildman–Crippen LogP) is 3.16. The lowest BCUT2D eigenvalue weighted by Gasteiger charge is -2.30. The first-order valence-electron chi connectivity index (χ1n) is 5.38. The molecule has 1 aromatic heterocycles. The van der Waals surface area contributed by atoms with E-state index in [1.807, 2.05) is 11.3 Å². The maximum absolute atomic E-state index is 5.97. The summed E-state index contributed by atoms with van der Waals surface area (Å²) in [4.78, 5) is 3.90. The van der Waals surface area contributed by atoms with Gasteiger partial charge in [-0.25, -0.2) is 0 Å². The fraction of sp³-hybridized carbons (Fsp3) is 0.636. The molecule has 2 nitrogen and oxygen atoms in total. The van der Waals surface area contributed by atoms with Crippen molar-refractivity contribution in [1.29, 1.82) is 0 Å². The second kappa shape index (κ2) is 6.36. The molecule has 0 aromatic carbocycles. The first-order valence-corrected chi connectivity index (χ1v) is 6.99. The van der Waals surface area contributed by atoms with E-state index in [9.17, 15) is 0 Å². The Balaban J connectivity index is 0.00000128. The summed E-state index contributed by atoms with van der Waals surface area (Å²) in [6.45, 7) is 5.45. The van der Waals surface area contributed by atoms with Crippen LogP contribution in [0.25, 0.3) is 0 Å². The van der Waals surface area contributed by atoms with Crippen molar-refractivity contribution in [3.8, 4) is 0 Å². The Kier molecular flexibility index (Phi) is 5.74. The molecule has 2 heterocycles. The smallest absolute Gasteiger partial charge is 0.0730 e. The highest BCUT2D eigenvalue weighted by Crippen LogP contribution is 2.28. The van der Waals surface area contributed by atoms with Crippen LogP contribution in [0.1, 0.15) is 23.3 Å². The van der Waals surface area contributed by atoms with Crippen LogP contribution in [0, 0.1) is 6.92 Å². The molecule has 0 unspecified atom stereocenters. The fourth-order valence-corrected chi connectivity index (χ4v) is 3.73. The summed E-state index contributed by atoms with van der Waals surface area (Å²) in [6.07, 6.45) is 2.43. The van der Waals surface area contributed by atoms with Crippen molar-refractivity contribution in [2.45, 2.75) is 32.4 Å². The van der Waals surface area contributed by atoms with Crippen molar-refractivity contribution in [1.82, 2.24) is 4.90 Å². The Labute approximate surface area is 116 Å². The summed E-state index contributed by atoms with van der Waals surface area (Å²) in [5.41, 5.74) is 7.31. The number of hydrogen-bond donors (Lipinski definition) is 1. The van der Waals surface area contributed by atoms with Crippen LogP contribution < -0.4 is 5.73 Å². The molecule has 1 aromatic rings. The third kappa shape index (κ3) is 3.70. The lowest BCUT2D eigenvalue weighted by atomic mass is 10.1. The minimum absolute atomic E-state index is 0. The highest BCUT2D eigenvalue weighted by atomic mass is 79.9. The van der Waals surface area contributed by atoms with Crippen molar-refractivity contribution in [3.05, 3.63) is 20.3 Å². The summed E-state index contributed by atoms with van der Waals surface area (Å²) in [5, 5.41) is 0. The molecule has 1 atom stereocenters. The number of nitrogens with zero attached hydrogens (tertiary/aromatic N) is 1. The normalized spacial score (nSPS) is 21.8. The zero-order valence-electron chi connectivity index (χ0n) is 9.41. The number of halogens is 2. The average molecular weight is 326 g/mol. The summed E-state index contributed by atoms with van der Waals surface area (Å²) < 4.78 is 1.26. The van der Waals surface area contributed by atoms with Crippen LogP contribution in [0.5, 0.6) is 0 Å². The lowest BCUT2D eigenvalue weighted by Crippen LogP contribution is -2.42. The molecule has 92 valence electrons. The third-order valence-corrected chi connectivity index (χ3v) is 4.95. The van der Waals surface area contributed by atoms with E-state index in [0.717, 1.165) is 13.1 Å². The first kappa shape index (κ1) is 14.5. The molecule has 1 aliphatic heterocycles. The van der Waals surface area contributed by atoms with Gasteiger partial charge in [0.2, 0.25) is 0 Å². The van der Waals surface area contributed by atoms with Crippen molar-refractivity contribution in [3.63, 3.8) is 0 Å². The third-order valence-electron chi connectivity index (χ3n) is 2.83. The highest BCUT2D eigenvalue weighted by molar-refractivity contribution is 9.11. The van der Waals surface area contributed by atoms with Crippen LogP contribution in [0.4, 0.5) is 0 Å². The van der Waals surface area contributed by atoms with Gasteiger partial charge in [-0.3, -0.25) is 4.90 Å². The van der Waals surface area contributed by atoms with Crippen LogP contribution in [-0.2, 0) is 6.54 Å². The number of hydrogen-bond acceptors (Lipinski definition) is 3. The number of likely N-dealkylation sites (tertiary alicyclic amines) is 1. The molecule has 1 aliphatic rings. The van der Waals surface area contributed by atoms with Gasteiger partial charge in [-0.05, 0) is 53.9 Å². The van der Waals surface area contributed by atoms with Crippen molar-refractivity contribution in [2.24, 2.45) is 5.73 Å². The zero-order valence-corrected chi connectivity index (χ0v) is 12.6. The molecule has 0 bridgehead atoms. The van der Waals surface area contributed by atoms with Gasteiger partial charge in [0.15, 0.2) is 0 Å². The second-order valence-electron chi connectivity index (χ2n) is 4.31. The van der Waals surface area contributed by atoms with E-state index in [1.165, 1.54) is 33.6 Å². The van der Waals surface area contributed by atoms with Crippen LogP contribution in [0.2, 0.25) is 0 Å². The van der Waals surface area contributed by atoms with Gasteiger partial charge in [0.05, 0.1) is 3.79 Å². The van der Waals surface area contributed by atoms with Crippen LogP contribution in [-0.4, -0.2) is 24.0 Å². The first-order chi connectivity index (χ1) is 7.15. The quantitative estimate of drug-likeness (QED) is 0.905. The monoisotopic (exact) mass is 324 g/mol. The van der Waals surface area contributed by atoms with Gasteiger partial charge in [0.25, 0.3) is 0 Å². The van der Waals surface area contributed by atoms with Crippen molar-refractivity contribution < 1.29 is 0 Å². The topological polar surface area (TPSA) is 29.3 Å². The minimum Gasteiger partial charge on any atom is -0.327 e. The van der Waals surface area contributed by atoms with Gasteiger partial charge in [0, 0.05) is 24.0 Å². The van der Waals surface area contributed by atoms with Gasteiger partial charge in [-0.1, -0.05) is 0 Å². The van der Waals surface area contributed by atoms with E-state index in [1.54, 1.807) is 0 Å². The molecule has 0 amide bonds. The summed E-state index contributed by atoms with van der Waals surface area (Å²) in [7, 11) is 0. The lowest BCUT2D eigenvalue weighted by molar-refractivity contribution is 0.203. The standard InChI is InChI=1S/C11H17BrN2S.ClH/c1-8-5-10(15-11(8)12)7-14-4-2-3-9(13)6-14;/h5,9H,2-4,6-7,13H2,1H3;1H/t9-;/m1./s1. The maximum atomic E-state index is 5.97. The Bertz CT molecular complexity index is 323. The van der Waals surface area contributed by atoms with Gasteiger partial charge in [-0.2, -0.15) is 0 Å². The van der Waals surface area contributed by atoms with E-state index >= 15 is 0 Å². The zero-order chi connectivity index (χ0) is 10.8. The molecule has 0 radical (unpaired) electrons. The number of rotatable bonds is 2. The average Bonchev–Trinajstić information content (AvgIpc) is 2.45. The number of nitrogens with two attached hydrogens (primary N) is 1. The van der Waals surface area contributed by atoms with Crippen LogP contribution in [0.3, 0.4) is 0 Å². The largest absolute Gasteiger partial charge is 0.327 e. The van der Waals surface area contributed by atoms with Gasteiger partial charge < -0.3 is 5.73 Å². The van der Waals surface area contributed by atoms with Crippen LogP contribution in [0.15, 0.2) is 9.85 Å². The van der Waals surface area contributed by atoms with Crippen molar-refractivity contribution >= 4 is 39.7 Å². The molecule has 2 N–H and O–H groups in total. The summed E-state index contributed by atoms with van der Waals surface area (Å²) in [5.74, 6) is 0. The fourth-order valence-electron chi connectivity index (χ4n) is 2.06. The molecule has 0 spiro atoms. The Morgan fingerprint density at radius 1 is 1.62 bits per heavy atom. The molecule has 1 fully saturated rings. The van der Waals surface area contributed by atoms with Gasteiger partial charge in [-0.15, -0.1) is 23.7 Å². The number of piperidine rings is 1. The van der Waals surface area contributed by atoms with Crippen LogP contribution >= 0.6 is 39.7 Å². The Morgan fingerprint density at radius 2 is 2.38 bits per heavy atom. The summed E-state index contributed by atoms with van der Waals surface area (Å²) in [6, 6.07) is 2.65. The molecular formula is C11H18BrClN2S. The number of thiophene rings is 1. The van der Waals surface area contributed by atoms with Crippen molar-refractivity contribution in [2.75, 3.05) is 13.1 Å². The molecular weight excluding hydrogens is 308 g/mol. The van der Waals surface area contributed by atoms with E-state index in [-0.39, 0.29) is 12.4 Å². The molecule has 0 saturated carbocycles. The van der Waals surface area contributed by atoms with E-state index in [0.29, 0.717) is 6.04 Å². The molecule has 2 rings (SSSR count).